The summed E-state index contributed by atoms with van der Waals surface area (Å²) in [7, 11) is 0. The number of thioether (sulfide) groups is 1. The molecule has 1 unspecified atom stereocenters. The Balaban J connectivity index is 1.38. The second-order valence-electron chi connectivity index (χ2n) is 6.09. The maximum absolute atomic E-state index is 12.4. The third-order valence-corrected chi connectivity index (χ3v) is 5.94. The lowest BCUT2D eigenvalue weighted by molar-refractivity contribution is -0.119. The van der Waals surface area contributed by atoms with Gasteiger partial charge in [-0.3, -0.25) is 9.89 Å². The van der Waals surface area contributed by atoms with Gasteiger partial charge in [0.25, 0.3) is 0 Å². The molecule has 0 bridgehead atoms. The number of carbonyl (C=O) groups excluding carboxylic acids is 1. The molecule has 1 amide bonds. The number of nitrogens with one attached hydrogen (secondary N) is 2. The first kappa shape index (κ1) is 17.8. The van der Waals surface area contributed by atoms with Crippen molar-refractivity contribution in [3.05, 3.63) is 65.5 Å². The minimum absolute atomic E-state index is 0.0390. The van der Waals surface area contributed by atoms with Gasteiger partial charge in [0.15, 0.2) is 5.82 Å². The van der Waals surface area contributed by atoms with Crippen LogP contribution in [0.25, 0.3) is 21.5 Å². The molecule has 2 heterocycles. The quantitative estimate of drug-likeness (QED) is 0.467. The van der Waals surface area contributed by atoms with Crippen molar-refractivity contribution in [2.24, 2.45) is 0 Å². The van der Waals surface area contributed by atoms with Crippen LogP contribution in [0.4, 0.5) is 0 Å². The Hall–Kier alpha value is -2.64. The number of aromatic nitrogens is 3. The highest BCUT2D eigenvalue weighted by Gasteiger charge is 2.14. The number of H-pyrrole nitrogens is 1. The van der Waals surface area contributed by atoms with E-state index in [-0.39, 0.29) is 17.7 Å². The summed E-state index contributed by atoms with van der Waals surface area (Å²) < 4.78 is 0. The van der Waals surface area contributed by atoms with Crippen LogP contribution in [0.2, 0.25) is 0 Å². The molecule has 0 aliphatic heterocycles. The highest BCUT2D eigenvalue weighted by Crippen LogP contribution is 2.25. The zero-order valence-electron chi connectivity index (χ0n) is 14.7. The highest BCUT2D eigenvalue weighted by atomic mass is 32.2. The Morgan fingerprint density at radius 2 is 2.04 bits per heavy atom. The molecule has 0 spiro atoms. The number of benzene rings is 2. The van der Waals surface area contributed by atoms with Crippen molar-refractivity contribution < 1.29 is 4.79 Å². The van der Waals surface area contributed by atoms with Crippen LogP contribution in [0.3, 0.4) is 0 Å². The molecule has 0 radical (unpaired) electrons. The molecule has 1 atom stereocenters. The molecule has 2 N–H and O–H groups in total. The van der Waals surface area contributed by atoms with Crippen molar-refractivity contribution in [2.45, 2.75) is 18.1 Å². The predicted octanol–water partition coefficient (Wildman–Crippen LogP) is 4.66. The van der Waals surface area contributed by atoms with E-state index in [1.807, 2.05) is 42.6 Å². The van der Waals surface area contributed by atoms with Crippen LogP contribution in [-0.2, 0) is 4.79 Å². The minimum Gasteiger partial charge on any atom is -0.349 e. The lowest BCUT2D eigenvalue weighted by Crippen LogP contribution is -2.28. The average molecular weight is 395 g/mol. The summed E-state index contributed by atoms with van der Waals surface area (Å²) in [6.45, 7) is 2.01. The lowest BCUT2D eigenvalue weighted by Gasteiger charge is -2.16. The van der Waals surface area contributed by atoms with E-state index in [2.05, 4.69) is 44.8 Å². The molecule has 2 aromatic heterocycles. The van der Waals surface area contributed by atoms with E-state index in [9.17, 15) is 4.79 Å². The molecular formula is C20H18N4OS2. The summed E-state index contributed by atoms with van der Waals surface area (Å²) in [5.74, 6) is 0.969. The Morgan fingerprint density at radius 1 is 1.19 bits per heavy atom. The van der Waals surface area contributed by atoms with E-state index in [0.29, 0.717) is 5.16 Å². The van der Waals surface area contributed by atoms with Crippen molar-refractivity contribution in [3.63, 3.8) is 0 Å². The van der Waals surface area contributed by atoms with Crippen LogP contribution in [0, 0.1) is 0 Å². The standard InChI is InChI=1S/C20H18N4OS2/c1-13(15-9-4-7-14-6-2-3-8-16(14)15)21-18(25)12-27-20-22-19(23-24-20)17-10-5-11-26-17/h2-11,13H,12H2,1H3,(H,21,25)(H,22,23,24). The molecule has 4 rings (SSSR count). The van der Waals surface area contributed by atoms with Crippen molar-refractivity contribution in [2.75, 3.05) is 5.75 Å². The van der Waals surface area contributed by atoms with Crippen LogP contribution >= 0.6 is 23.1 Å². The van der Waals surface area contributed by atoms with Gasteiger partial charge in [-0.05, 0) is 34.7 Å². The lowest BCUT2D eigenvalue weighted by atomic mass is 10.00. The summed E-state index contributed by atoms with van der Waals surface area (Å²) in [6.07, 6.45) is 0. The topological polar surface area (TPSA) is 70.7 Å². The number of carbonyl (C=O) groups is 1. The number of hydrogen-bond acceptors (Lipinski definition) is 5. The number of nitrogens with zero attached hydrogens (tertiary/aromatic N) is 2. The van der Waals surface area contributed by atoms with Gasteiger partial charge in [0, 0.05) is 0 Å². The Morgan fingerprint density at radius 3 is 2.89 bits per heavy atom. The van der Waals surface area contributed by atoms with E-state index in [1.165, 1.54) is 17.1 Å². The van der Waals surface area contributed by atoms with Crippen LogP contribution in [0.1, 0.15) is 18.5 Å². The number of fused-ring (bicyclic) bond motifs is 1. The summed E-state index contributed by atoms with van der Waals surface area (Å²) in [5, 5.41) is 15.1. The van der Waals surface area contributed by atoms with Crippen LogP contribution in [-0.4, -0.2) is 26.8 Å². The zero-order chi connectivity index (χ0) is 18.6. The number of thiophene rings is 1. The average Bonchev–Trinajstić information content (AvgIpc) is 3.37. The van der Waals surface area contributed by atoms with Gasteiger partial charge < -0.3 is 5.32 Å². The van der Waals surface area contributed by atoms with Gasteiger partial charge in [0.05, 0.1) is 16.7 Å². The first-order valence-corrected chi connectivity index (χ1v) is 10.4. The Labute approximate surface area is 165 Å². The van der Waals surface area contributed by atoms with E-state index >= 15 is 0 Å². The van der Waals surface area contributed by atoms with Gasteiger partial charge in [-0.15, -0.1) is 16.4 Å². The van der Waals surface area contributed by atoms with Gasteiger partial charge in [-0.25, -0.2) is 4.98 Å². The number of hydrogen-bond donors (Lipinski definition) is 2. The van der Waals surface area contributed by atoms with Gasteiger partial charge in [0.2, 0.25) is 11.1 Å². The fourth-order valence-corrected chi connectivity index (χ4v) is 4.23. The molecule has 5 nitrogen and oxygen atoms in total. The molecular weight excluding hydrogens is 376 g/mol. The fraction of sp³-hybridized carbons (Fsp3) is 0.150. The normalized spacial score (nSPS) is 12.2. The molecule has 4 aromatic rings. The molecule has 0 aliphatic carbocycles. The monoisotopic (exact) mass is 394 g/mol. The van der Waals surface area contributed by atoms with Crippen molar-refractivity contribution in [3.8, 4) is 10.7 Å². The van der Waals surface area contributed by atoms with E-state index in [4.69, 9.17) is 0 Å². The van der Waals surface area contributed by atoms with E-state index in [1.54, 1.807) is 11.3 Å². The van der Waals surface area contributed by atoms with E-state index < -0.39 is 0 Å². The zero-order valence-corrected chi connectivity index (χ0v) is 16.3. The predicted molar refractivity (Wildman–Crippen MR) is 111 cm³/mol. The Bertz CT molecular complexity index is 1050. The Kier molecular flexibility index (Phi) is 5.22. The van der Waals surface area contributed by atoms with Crippen LogP contribution in [0.5, 0.6) is 0 Å². The molecule has 7 heteroatoms. The first-order chi connectivity index (χ1) is 13.2. The molecule has 0 fully saturated rings. The third kappa shape index (κ3) is 4.04. The van der Waals surface area contributed by atoms with Crippen molar-refractivity contribution >= 4 is 39.8 Å². The van der Waals surface area contributed by atoms with Gasteiger partial charge >= 0.3 is 0 Å². The summed E-state index contributed by atoms with van der Waals surface area (Å²) in [4.78, 5) is 17.8. The van der Waals surface area contributed by atoms with Gasteiger partial charge in [0.1, 0.15) is 0 Å². The van der Waals surface area contributed by atoms with Crippen LogP contribution < -0.4 is 5.32 Å². The largest absolute Gasteiger partial charge is 0.349 e. The molecule has 27 heavy (non-hydrogen) atoms. The summed E-state index contributed by atoms with van der Waals surface area (Å²) in [6, 6.07) is 18.3. The smallest absolute Gasteiger partial charge is 0.230 e. The highest BCUT2D eigenvalue weighted by molar-refractivity contribution is 7.99. The second-order valence-corrected chi connectivity index (χ2v) is 7.98. The number of aromatic amines is 1. The molecule has 136 valence electrons. The number of rotatable bonds is 6. The third-order valence-electron chi connectivity index (χ3n) is 4.22. The molecule has 2 aromatic carbocycles. The fourth-order valence-electron chi connectivity index (χ4n) is 2.95. The van der Waals surface area contributed by atoms with E-state index in [0.717, 1.165) is 21.7 Å². The second kappa shape index (κ2) is 7.94. The van der Waals surface area contributed by atoms with Gasteiger partial charge in [-0.1, -0.05) is 60.3 Å². The maximum atomic E-state index is 12.4. The van der Waals surface area contributed by atoms with Crippen molar-refractivity contribution in [1.29, 1.82) is 0 Å². The van der Waals surface area contributed by atoms with Crippen LogP contribution in [0.15, 0.2) is 65.1 Å². The van der Waals surface area contributed by atoms with Crippen molar-refractivity contribution in [1.82, 2.24) is 20.5 Å². The SMILES string of the molecule is CC(NC(=O)CSc1n[nH]c(-c2cccs2)n1)c1cccc2ccccc12. The summed E-state index contributed by atoms with van der Waals surface area (Å²) >= 11 is 2.92. The number of amides is 1. The molecule has 0 saturated carbocycles. The molecule has 0 aliphatic rings. The maximum Gasteiger partial charge on any atom is 0.230 e. The summed E-state index contributed by atoms with van der Waals surface area (Å²) in [5.41, 5.74) is 1.12. The minimum atomic E-state index is -0.0713. The van der Waals surface area contributed by atoms with Gasteiger partial charge in [-0.2, -0.15) is 0 Å². The molecule has 0 saturated heterocycles. The first-order valence-electron chi connectivity index (χ1n) is 8.57.